The van der Waals surface area contributed by atoms with Crippen LogP contribution in [-0.2, 0) is 19.6 Å². The van der Waals surface area contributed by atoms with Crippen LogP contribution < -0.4 is 4.74 Å². The normalized spacial score (nSPS) is 10.7. The molecular weight excluding hydrogens is 294 g/mol. The molecule has 6 nitrogen and oxygen atoms in total. The van der Waals surface area contributed by atoms with Crippen molar-refractivity contribution >= 4 is 16.0 Å². The summed E-state index contributed by atoms with van der Waals surface area (Å²) in [5.41, 5.74) is 0. The van der Waals surface area contributed by atoms with E-state index in [-0.39, 0.29) is 18.0 Å². The van der Waals surface area contributed by atoms with Crippen molar-refractivity contribution in [3.05, 3.63) is 24.3 Å². The molecule has 114 valence electrons. The van der Waals surface area contributed by atoms with E-state index in [1.807, 2.05) is 0 Å². The van der Waals surface area contributed by atoms with Crippen molar-refractivity contribution in [3.63, 3.8) is 0 Å². The highest BCUT2D eigenvalue weighted by molar-refractivity contribution is 7.89. The number of hydrogen-bond acceptors (Lipinski definition) is 5. The molecule has 21 heavy (non-hydrogen) atoms. The van der Waals surface area contributed by atoms with Gasteiger partial charge in [-0.2, -0.15) is 4.31 Å². The summed E-state index contributed by atoms with van der Waals surface area (Å²) in [6.45, 7) is 1.60. The molecular formula is C14H17NO5S. The third kappa shape index (κ3) is 4.77. The topological polar surface area (TPSA) is 72.9 Å². The Morgan fingerprint density at radius 2 is 1.90 bits per heavy atom. The molecule has 0 saturated heterocycles. The summed E-state index contributed by atoms with van der Waals surface area (Å²) < 4.78 is 35.1. The van der Waals surface area contributed by atoms with Gasteiger partial charge in [0, 0.05) is 7.05 Å². The first-order chi connectivity index (χ1) is 9.91. The van der Waals surface area contributed by atoms with Gasteiger partial charge in [0.25, 0.3) is 0 Å². The predicted octanol–water partition coefficient (Wildman–Crippen LogP) is 0.882. The fourth-order valence-electron chi connectivity index (χ4n) is 1.41. The third-order valence-electron chi connectivity index (χ3n) is 2.60. The zero-order chi connectivity index (χ0) is 15.9. The molecule has 1 aromatic rings. The van der Waals surface area contributed by atoms with Gasteiger partial charge in [0.15, 0.2) is 0 Å². The van der Waals surface area contributed by atoms with Gasteiger partial charge in [-0.1, -0.05) is 5.92 Å². The van der Waals surface area contributed by atoms with E-state index in [2.05, 4.69) is 16.6 Å². The SMILES string of the molecule is CC#CCOc1ccc(S(=O)(=O)N(C)CC(=O)OC)cc1. The maximum absolute atomic E-state index is 12.2. The van der Waals surface area contributed by atoms with Crippen molar-refractivity contribution in [3.8, 4) is 17.6 Å². The lowest BCUT2D eigenvalue weighted by Gasteiger charge is -2.16. The fourth-order valence-corrected chi connectivity index (χ4v) is 2.53. The standard InChI is InChI=1S/C14H17NO5S/c1-4-5-10-20-12-6-8-13(9-7-12)21(17,18)15(2)11-14(16)19-3/h6-9H,10-11H2,1-3H3. The van der Waals surface area contributed by atoms with Gasteiger partial charge in [0.1, 0.15) is 18.9 Å². The summed E-state index contributed by atoms with van der Waals surface area (Å²) in [5.74, 6) is 5.32. The number of benzene rings is 1. The average Bonchev–Trinajstić information content (AvgIpc) is 2.47. The van der Waals surface area contributed by atoms with Gasteiger partial charge in [-0.25, -0.2) is 8.42 Å². The molecule has 0 fully saturated rings. The molecule has 0 atom stereocenters. The minimum Gasteiger partial charge on any atom is -0.481 e. The lowest BCUT2D eigenvalue weighted by molar-refractivity contribution is -0.140. The molecule has 0 heterocycles. The molecule has 0 radical (unpaired) electrons. The van der Waals surface area contributed by atoms with E-state index in [0.717, 1.165) is 4.31 Å². The van der Waals surface area contributed by atoms with E-state index >= 15 is 0 Å². The molecule has 0 saturated carbocycles. The first-order valence-corrected chi connectivity index (χ1v) is 7.51. The fraction of sp³-hybridized carbons (Fsp3) is 0.357. The molecule has 0 aromatic heterocycles. The van der Waals surface area contributed by atoms with E-state index in [4.69, 9.17) is 4.74 Å². The maximum Gasteiger partial charge on any atom is 0.321 e. The Kier molecular flexibility index (Phi) is 6.21. The number of likely N-dealkylation sites (N-methyl/N-ethyl adjacent to an activating group) is 1. The van der Waals surface area contributed by atoms with Crippen LogP contribution in [0.5, 0.6) is 5.75 Å². The number of hydrogen-bond donors (Lipinski definition) is 0. The quantitative estimate of drug-likeness (QED) is 0.576. The molecule has 0 aliphatic carbocycles. The zero-order valence-electron chi connectivity index (χ0n) is 12.1. The number of carbonyl (C=O) groups excluding carboxylic acids is 1. The van der Waals surface area contributed by atoms with Crippen molar-refractivity contribution in [2.24, 2.45) is 0 Å². The lowest BCUT2D eigenvalue weighted by Crippen LogP contribution is -2.32. The second-order valence-corrected chi connectivity index (χ2v) is 6.07. The van der Waals surface area contributed by atoms with Gasteiger partial charge in [0.05, 0.1) is 12.0 Å². The number of rotatable bonds is 6. The van der Waals surface area contributed by atoms with Crippen LogP contribution in [-0.4, -0.2) is 46.0 Å². The smallest absolute Gasteiger partial charge is 0.321 e. The molecule has 0 amide bonds. The van der Waals surface area contributed by atoms with Crippen LogP contribution in [0.1, 0.15) is 6.92 Å². The Balaban J connectivity index is 2.83. The predicted molar refractivity (Wildman–Crippen MR) is 77.2 cm³/mol. The van der Waals surface area contributed by atoms with Crippen LogP contribution in [0.15, 0.2) is 29.2 Å². The number of sulfonamides is 1. The van der Waals surface area contributed by atoms with E-state index in [1.165, 1.54) is 38.4 Å². The highest BCUT2D eigenvalue weighted by Gasteiger charge is 2.23. The second kappa shape index (κ2) is 7.67. The first-order valence-electron chi connectivity index (χ1n) is 6.07. The molecule has 0 aliphatic heterocycles. The molecule has 0 spiro atoms. The minimum absolute atomic E-state index is 0.0721. The molecule has 1 rings (SSSR count). The van der Waals surface area contributed by atoms with E-state index in [9.17, 15) is 13.2 Å². The second-order valence-electron chi connectivity index (χ2n) is 4.02. The van der Waals surface area contributed by atoms with Crippen LogP contribution in [0.25, 0.3) is 0 Å². The Morgan fingerprint density at radius 3 is 2.43 bits per heavy atom. The van der Waals surface area contributed by atoms with Crippen LogP contribution in [0.4, 0.5) is 0 Å². The van der Waals surface area contributed by atoms with Crippen molar-refractivity contribution in [1.29, 1.82) is 0 Å². The third-order valence-corrected chi connectivity index (χ3v) is 4.42. The number of ether oxygens (including phenoxy) is 2. The summed E-state index contributed by atoms with van der Waals surface area (Å²) >= 11 is 0. The van der Waals surface area contributed by atoms with Crippen molar-refractivity contribution in [1.82, 2.24) is 4.31 Å². The van der Waals surface area contributed by atoms with Gasteiger partial charge in [-0.3, -0.25) is 4.79 Å². The van der Waals surface area contributed by atoms with Crippen molar-refractivity contribution in [2.45, 2.75) is 11.8 Å². The van der Waals surface area contributed by atoms with Crippen LogP contribution in [0.2, 0.25) is 0 Å². The highest BCUT2D eigenvalue weighted by Crippen LogP contribution is 2.18. The van der Waals surface area contributed by atoms with Gasteiger partial charge in [0.2, 0.25) is 10.0 Å². The molecule has 7 heteroatoms. The van der Waals surface area contributed by atoms with Gasteiger partial charge < -0.3 is 9.47 Å². The number of nitrogens with zero attached hydrogens (tertiary/aromatic N) is 1. The summed E-state index contributed by atoms with van der Waals surface area (Å²) in [7, 11) is -1.22. The Hall–Kier alpha value is -2.04. The van der Waals surface area contributed by atoms with Gasteiger partial charge >= 0.3 is 5.97 Å². The summed E-state index contributed by atoms with van der Waals surface area (Å²) in [6, 6.07) is 5.90. The monoisotopic (exact) mass is 311 g/mol. The molecule has 0 N–H and O–H groups in total. The number of esters is 1. The van der Waals surface area contributed by atoms with E-state index in [0.29, 0.717) is 5.75 Å². The van der Waals surface area contributed by atoms with Crippen LogP contribution in [0.3, 0.4) is 0 Å². The summed E-state index contributed by atoms with van der Waals surface area (Å²) in [5, 5.41) is 0. The van der Waals surface area contributed by atoms with Crippen molar-refractivity contribution < 1.29 is 22.7 Å². The summed E-state index contributed by atoms with van der Waals surface area (Å²) in [6.07, 6.45) is 0. The molecule has 1 aromatic carbocycles. The van der Waals surface area contributed by atoms with E-state index < -0.39 is 16.0 Å². The van der Waals surface area contributed by atoms with E-state index in [1.54, 1.807) is 6.92 Å². The van der Waals surface area contributed by atoms with Gasteiger partial charge in [-0.15, -0.1) is 5.92 Å². The highest BCUT2D eigenvalue weighted by atomic mass is 32.2. The lowest BCUT2D eigenvalue weighted by atomic mass is 10.3. The molecule has 0 aliphatic rings. The van der Waals surface area contributed by atoms with Crippen LogP contribution in [0, 0.1) is 11.8 Å². The average molecular weight is 311 g/mol. The Morgan fingerprint density at radius 1 is 1.29 bits per heavy atom. The first kappa shape index (κ1) is 17.0. The minimum atomic E-state index is -3.74. The van der Waals surface area contributed by atoms with Crippen molar-refractivity contribution in [2.75, 3.05) is 27.3 Å². The number of methoxy groups -OCH3 is 1. The molecule has 0 bridgehead atoms. The Bertz CT molecular complexity index is 640. The maximum atomic E-state index is 12.2. The number of carbonyl (C=O) groups is 1. The largest absolute Gasteiger partial charge is 0.481 e. The Labute approximate surface area is 124 Å². The van der Waals surface area contributed by atoms with Crippen LogP contribution >= 0.6 is 0 Å². The molecule has 0 unspecified atom stereocenters. The summed E-state index contributed by atoms with van der Waals surface area (Å²) in [4.78, 5) is 11.2. The zero-order valence-corrected chi connectivity index (χ0v) is 12.9. The van der Waals surface area contributed by atoms with Gasteiger partial charge in [-0.05, 0) is 31.2 Å².